The van der Waals surface area contributed by atoms with Crippen LogP contribution in [-0.4, -0.2) is 17.6 Å². The van der Waals surface area contributed by atoms with Gasteiger partial charge in [-0.1, -0.05) is 0 Å². The topological polar surface area (TPSA) is 39.9 Å². The molecule has 0 aromatic carbocycles. The molecule has 0 N–H and O–H groups in total. The largest absolute Gasteiger partial charge is 0.354 e. The van der Waals surface area contributed by atoms with Crippen molar-refractivity contribution in [3.05, 3.63) is 23.9 Å². The van der Waals surface area contributed by atoms with Crippen molar-refractivity contribution in [1.82, 2.24) is 4.98 Å². The molecule has 1 aromatic heterocycles. The zero-order chi connectivity index (χ0) is 11.5. The zero-order valence-electron chi connectivity index (χ0n) is 9.85. The van der Waals surface area contributed by atoms with E-state index < -0.39 is 0 Å². The lowest BCUT2D eigenvalue weighted by molar-refractivity contribution is 0.636. The summed E-state index contributed by atoms with van der Waals surface area (Å²) in [6.45, 7) is 5.41. The van der Waals surface area contributed by atoms with Crippen molar-refractivity contribution in [3.63, 3.8) is 0 Å². The fourth-order valence-electron chi connectivity index (χ4n) is 1.79. The van der Waals surface area contributed by atoms with Crippen molar-refractivity contribution in [2.24, 2.45) is 5.92 Å². The average molecular weight is 215 g/mol. The molecule has 0 spiro atoms. The number of rotatable bonds is 4. The van der Waals surface area contributed by atoms with Crippen LogP contribution in [0.4, 0.5) is 5.82 Å². The predicted molar refractivity (Wildman–Crippen MR) is 64.2 cm³/mol. The fraction of sp³-hybridized carbons (Fsp3) is 0.538. The van der Waals surface area contributed by atoms with E-state index in [1.54, 1.807) is 12.3 Å². The van der Waals surface area contributed by atoms with E-state index in [1.165, 1.54) is 12.8 Å². The summed E-state index contributed by atoms with van der Waals surface area (Å²) in [5, 5.41) is 8.88. The normalized spacial score (nSPS) is 14.9. The maximum Gasteiger partial charge on any atom is 0.130 e. The molecule has 0 radical (unpaired) electrons. The van der Waals surface area contributed by atoms with Crippen LogP contribution in [0.25, 0.3) is 0 Å². The number of aromatic nitrogens is 1. The van der Waals surface area contributed by atoms with Gasteiger partial charge in [-0.25, -0.2) is 4.98 Å². The second-order valence-electron chi connectivity index (χ2n) is 4.70. The molecular weight excluding hydrogens is 198 g/mol. The van der Waals surface area contributed by atoms with Crippen molar-refractivity contribution >= 4 is 5.82 Å². The van der Waals surface area contributed by atoms with Crippen LogP contribution in [0.15, 0.2) is 18.3 Å². The molecule has 16 heavy (non-hydrogen) atoms. The summed E-state index contributed by atoms with van der Waals surface area (Å²) in [5.41, 5.74) is 0.687. The maximum atomic E-state index is 8.88. The molecule has 1 aliphatic rings. The van der Waals surface area contributed by atoms with Gasteiger partial charge in [-0.05, 0) is 44.7 Å². The lowest BCUT2D eigenvalue weighted by Crippen LogP contribution is -2.33. The highest BCUT2D eigenvalue weighted by atomic mass is 15.2. The van der Waals surface area contributed by atoms with Gasteiger partial charge in [0, 0.05) is 18.8 Å². The Balaban J connectivity index is 2.19. The highest BCUT2D eigenvalue weighted by Crippen LogP contribution is 2.31. The lowest BCUT2D eigenvalue weighted by atomic mass is 10.2. The molecule has 0 aliphatic heterocycles. The Labute approximate surface area is 96.7 Å². The van der Waals surface area contributed by atoms with Gasteiger partial charge in [0.05, 0.1) is 11.6 Å². The smallest absolute Gasteiger partial charge is 0.130 e. The quantitative estimate of drug-likeness (QED) is 0.775. The third-order valence-electron chi connectivity index (χ3n) is 2.94. The summed E-state index contributed by atoms with van der Waals surface area (Å²) < 4.78 is 0. The fourth-order valence-corrected chi connectivity index (χ4v) is 1.79. The monoisotopic (exact) mass is 215 g/mol. The summed E-state index contributed by atoms with van der Waals surface area (Å²) in [5.74, 6) is 1.76. The van der Waals surface area contributed by atoms with E-state index in [-0.39, 0.29) is 0 Å². The lowest BCUT2D eigenvalue weighted by Gasteiger charge is -2.27. The number of nitriles is 1. The minimum Gasteiger partial charge on any atom is -0.354 e. The molecule has 0 amide bonds. The van der Waals surface area contributed by atoms with E-state index in [9.17, 15) is 0 Å². The van der Waals surface area contributed by atoms with Crippen molar-refractivity contribution in [2.75, 3.05) is 11.4 Å². The van der Waals surface area contributed by atoms with Gasteiger partial charge < -0.3 is 4.90 Å². The second-order valence-corrected chi connectivity index (χ2v) is 4.70. The molecule has 1 heterocycles. The Morgan fingerprint density at radius 2 is 2.31 bits per heavy atom. The maximum absolute atomic E-state index is 8.88. The van der Waals surface area contributed by atoms with Crippen molar-refractivity contribution in [1.29, 1.82) is 5.26 Å². The first kappa shape index (κ1) is 10.9. The number of pyridine rings is 1. The van der Waals surface area contributed by atoms with E-state index >= 15 is 0 Å². The second kappa shape index (κ2) is 4.52. The molecule has 2 rings (SSSR count). The Hall–Kier alpha value is -1.56. The molecule has 1 fully saturated rings. The van der Waals surface area contributed by atoms with Crippen LogP contribution in [0.3, 0.4) is 0 Å². The highest BCUT2D eigenvalue weighted by molar-refractivity contribution is 5.45. The number of hydrogen-bond donors (Lipinski definition) is 0. The van der Waals surface area contributed by atoms with Gasteiger partial charge in [0.2, 0.25) is 0 Å². The summed E-state index contributed by atoms with van der Waals surface area (Å²) >= 11 is 0. The first-order valence-corrected chi connectivity index (χ1v) is 5.83. The van der Waals surface area contributed by atoms with Gasteiger partial charge in [0.25, 0.3) is 0 Å². The van der Waals surface area contributed by atoms with E-state index in [2.05, 4.69) is 29.8 Å². The molecule has 84 valence electrons. The molecule has 0 unspecified atom stereocenters. The molecule has 1 aliphatic carbocycles. The highest BCUT2D eigenvalue weighted by Gasteiger charge is 2.26. The summed E-state index contributed by atoms with van der Waals surface area (Å²) in [7, 11) is 0. The Morgan fingerprint density at radius 1 is 1.56 bits per heavy atom. The molecule has 1 aromatic rings. The van der Waals surface area contributed by atoms with Crippen LogP contribution in [0, 0.1) is 17.2 Å². The summed E-state index contributed by atoms with van der Waals surface area (Å²) in [4.78, 5) is 6.65. The minimum absolute atomic E-state index is 0.432. The standard InChI is InChI=1S/C13H17N3/c1-10(2)16(9-11-3-4-11)13-7-12(8-14)5-6-15-13/h5-7,10-11H,3-4,9H2,1-2H3. The van der Waals surface area contributed by atoms with E-state index in [0.717, 1.165) is 18.3 Å². The van der Waals surface area contributed by atoms with Gasteiger partial charge in [-0.15, -0.1) is 0 Å². The van der Waals surface area contributed by atoms with Gasteiger partial charge in [0.1, 0.15) is 5.82 Å². The van der Waals surface area contributed by atoms with Crippen molar-refractivity contribution < 1.29 is 0 Å². The van der Waals surface area contributed by atoms with E-state index in [4.69, 9.17) is 5.26 Å². The molecule has 1 saturated carbocycles. The van der Waals surface area contributed by atoms with Gasteiger partial charge in [-0.3, -0.25) is 0 Å². The first-order valence-electron chi connectivity index (χ1n) is 5.83. The van der Waals surface area contributed by atoms with Crippen LogP contribution in [0.1, 0.15) is 32.3 Å². The van der Waals surface area contributed by atoms with E-state index in [0.29, 0.717) is 11.6 Å². The number of nitrogens with zero attached hydrogens (tertiary/aromatic N) is 3. The zero-order valence-corrected chi connectivity index (χ0v) is 9.85. The molecule has 3 heteroatoms. The predicted octanol–water partition coefficient (Wildman–Crippen LogP) is 2.58. The average Bonchev–Trinajstić information content (AvgIpc) is 3.09. The van der Waals surface area contributed by atoms with Crippen LogP contribution in [0.2, 0.25) is 0 Å². The summed E-state index contributed by atoms with van der Waals surface area (Å²) in [6.07, 6.45) is 4.39. The van der Waals surface area contributed by atoms with Gasteiger partial charge >= 0.3 is 0 Å². The van der Waals surface area contributed by atoms with Crippen LogP contribution >= 0.6 is 0 Å². The Morgan fingerprint density at radius 3 is 2.88 bits per heavy atom. The Bertz CT molecular complexity index is 402. The molecule has 3 nitrogen and oxygen atoms in total. The van der Waals surface area contributed by atoms with Crippen molar-refractivity contribution in [2.45, 2.75) is 32.7 Å². The van der Waals surface area contributed by atoms with Crippen LogP contribution < -0.4 is 4.90 Å². The molecule has 0 saturated heterocycles. The molecule has 0 bridgehead atoms. The van der Waals surface area contributed by atoms with E-state index in [1.807, 2.05) is 6.07 Å². The Kier molecular flexibility index (Phi) is 3.09. The third kappa shape index (κ3) is 2.52. The van der Waals surface area contributed by atoms with Crippen LogP contribution in [-0.2, 0) is 0 Å². The number of hydrogen-bond acceptors (Lipinski definition) is 3. The third-order valence-corrected chi connectivity index (χ3v) is 2.94. The summed E-state index contributed by atoms with van der Waals surface area (Å²) in [6, 6.07) is 6.22. The number of anilines is 1. The first-order chi connectivity index (χ1) is 7.70. The van der Waals surface area contributed by atoms with Crippen LogP contribution in [0.5, 0.6) is 0 Å². The van der Waals surface area contributed by atoms with Crippen molar-refractivity contribution in [3.8, 4) is 6.07 Å². The molecular formula is C13H17N3. The SMILES string of the molecule is CC(C)N(CC1CC1)c1cc(C#N)ccn1. The van der Waals surface area contributed by atoms with Gasteiger partial charge in [0.15, 0.2) is 0 Å². The molecule has 0 atom stereocenters. The minimum atomic E-state index is 0.432. The van der Waals surface area contributed by atoms with Gasteiger partial charge in [-0.2, -0.15) is 5.26 Å².